The van der Waals surface area contributed by atoms with Gasteiger partial charge in [-0.1, -0.05) is 215 Å². The molecule has 0 unspecified atom stereocenters. The molecular weight excluding hydrogens is 829 g/mol. The molecule has 0 aromatic rings. The van der Waals surface area contributed by atoms with Gasteiger partial charge in [-0.3, -0.25) is 14.4 Å². The fourth-order valence-corrected chi connectivity index (χ4v) is 7.63. The van der Waals surface area contributed by atoms with Gasteiger partial charge in [0, 0.05) is 19.3 Å². The van der Waals surface area contributed by atoms with Gasteiger partial charge < -0.3 is 14.2 Å². The van der Waals surface area contributed by atoms with Crippen molar-refractivity contribution in [1.82, 2.24) is 0 Å². The van der Waals surface area contributed by atoms with Crippen LogP contribution in [-0.4, -0.2) is 37.2 Å². The first-order chi connectivity index (χ1) is 33.0. The molecule has 0 bridgehead atoms. The van der Waals surface area contributed by atoms with E-state index in [1.807, 2.05) is 0 Å². The van der Waals surface area contributed by atoms with E-state index >= 15 is 0 Å². The van der Waals surface area contributed by atoms with Gasteiger partial charge in [0.1, 0.15) is 13.2 Å². The van der Waals surface area contributed by atoms with Crippen LogP contribution in [0.25, 0.3) is 0 Å². The fraction of sp³-hybridized carbons (Fsp3) is 0.721. The monoisotopic (exact) mass is 933 g/mol. The third kappa shape index (κ3) is 53.4. The Kier molecular flexibility index (Phi) is 52.4. The van der Waals surface area contributed by atoms with E-state index in [9.17, 15) is 14.4 Å². The number of allylic oxidation sites excluding steroid dienone is 14. The van der Waals surface area contributed by atoms with Crippen LogP contribution in [0.5, 0.6) is 0 Å². The predicted molar refractivity (Wildman–Crippen MR) is 288 cm³/mol. The number of hydrogen-bond acceptors (Lipinski definition) is 6. The van der Waals surface area contributed by atoms with Gasteiger partial charge >= 0.3 is 17.9 Å². The number of hydrogen-bond donors (Lipinski definition) is 0. The molecular formula is C61H104O6. The SMILES string of the molecule is CC/C=C\C/C=C\C/C=C\C/C=C\C/C=C\CCCCCC(=O)OC[C@@H](COC(=O)CCCCCCC/C=C\CCCCCCCC)OC(=O)CCCCCCC/C=C\CCCCCCCC. The average molecular weight is 933 g/mol. The minimum absolute atomic E-state index is 0.0947. The zero-order valence-electron chi connectivity index (χ0n) is 43.9. The first-order valence-electron chi connectivity index (χ1n) is 28.1. The van der Waals surface area contributed by atoms with Crippen LogP contribution in [0.1, 0.15) is 265 Å². The zero-order chi connectivity index (χ0) is 48.6. The smallest absolute Gasteiger partial charge is 0.306 e. The fourth-order valence-electron chi connectivity index (χ4n) is 7.63. The first kappa shape index (κ1) is 63.6. The van der Waals surface area contributed by atoms with E-state index in [1.165, 1.54) is 109 Å². The Labute approximate surface area is 414 Å². The van der Waals surface area contributed by atoms with E-state index in [2.05, 4.69) is 106 Å². The Balaban J connectivity index is 4.47. The highest BCUT2D eigenvalue weighted by atomic mass is 16.6. The van der Waals surface area contributed by atoms with Crippen LogP contribution in [0.3, 0.4) is 0 Å². The van der Waals surface area contributed by atoms with Crippen molar-refractivity contribution >= 4 is 17.9 Å². The summed E-state index contributed by atoms with van der Waals surface area (Å²) in [7, 11) is 0. The molecule has 0 amide bonds. The molecule has 6 heteroatoms. The normalized spacial score (nSPS) is 12.7. The third-order valence-corrected chi connectivity index (χ3v) is 11.9. The molecule has 0 aromatic heterocycles. The second kappa shape index (κ2) is 55.2. The van der Waals surface area contributed by atoms with E-state index in [1.54, 1.807) is 0 Å². The lowest BCUT2D eigenvalue weighted by atomic mass is 10.1. The van der Waals surface area contributed by atoms with Crippen LogP contribution in [0.2, 0.25) is 0 Å². The largest absolute Gasteiger partial charge is 0.462 e. The van der Waals surface area contributed by atoms with Gasteiger partial charge in [-0.25, -0.2) is 0 Å². The van der Waals surface area contributed by atoms with Crippen LogP contribution >= 0.6 is 0 Å². The molecule has 0 heterocycles. The van der Waals surface area contributed by atoms with Crippen molar-refractivity contribution < 1.29 is 28.6 Å². The lowest BCUT2D eigenvalue weighted by Gasteiger charge is -2.18. The lowest BCUT2D eigenvalue weighted by molar-refractivity contribution is -0.167. The first-order valence-corrected chi connectivity index (χ1v) is 28.1. The van der Waals surface area contributed by atoms with Gasteiger partial charge in [0.15, 0.2) is 6.10 Å². The van der Waals surface area contributed by atoms with Crippen molar-refractivity contribution in [2.45, 2.75) is 271 Å². The summed E-state index contributed by atoms with van der Waals surface area (Å²) in [5.41, 5.74) is 0. The van der Waals surface area contributed by atoms with Gasteiger partial charge in [0.2, 0.25) is 0 Å². The van der Waals surface area contributed by atoms with E-state index in [4.69, 9.17) is 14.2 Å². The van der Waals surface area contributed by atoms with Gasteiger partial charge in [0.25, 0.3) is 0 Å². The Morgan fingerprint density at radius 2 is 0.582 bits per heavy atom. The summed E-state index contributed by atoms with van der Waals surface area (Å²) >= 11 is 0. The van der Waals surface area contributed by atoms with Gasteiger partial charge in [-0.15, -0.1) is 0 Å². The number of unbranched alkanes of at least 4 members (excludes halogenated alkanes) is 25. The van der Waals surface area contributed by atoms with Gasteiger partial charge in [-0.2, -0.15) is 0 Å². The molecule has 0 aliphatic carbocycles. The quantitative estimate of drug-likeness (QED) is 0.0262. The topological polar surface area (TPSA) is 78.9 Å². The van der Waals surface area contributed by atoms with E-state index in [0.717, 1.165) is 116 Å². The molecule has 0 aliphatic rings. The van der Waals surface area contributed by atoms with Gasteiger partial charge in [0.05, 0.1) is 0 Å². The van der Waals surface area contributed by atoms with Crippen molar-refractivity contribution in [3.8, 4) is 0 Å². The maximum atomic E-state index is 12.8. The lowest BCUT2D eigenvalue weighted by Crippen LogP contribution is -2.30. The maximum absolute atomic E-state index is 12.8. The van der Waals surface area contributed by atoms with Crippen LogP contribution in [0.4, 0.5) is 0 Å². The molecule has 0 rings (SSSR count). The molecule has 0 spiro atoms. The predicted octanol–water partition coefficient (Wildman–Crippen LogP) is 18.8. The molecule has 67 heavy (non-hydrogen) atoms. The number of carbonyl (C=O) groups excluding carboxylic acids is 3. The summed E-state index contributed by atoms with van der Waals surface area (Å²) in [6.07, 6.45) is 71.4. The van der Waals surface area contributed by atoms with Crippen LogP contribution in [0, 0.1) is 0 Å². The highest BCUT2D eigenvalue weighted by Gasteiger charge is 2.19. The van der Waals surface area contributed by atoms with E-state index in [0.29, 0.717) is 19.3 Å². The number of rotatable bonds is 50. The van der Waals surface area contributed by atoms with Gasteiger partial charge in [-0.05, 0) is 116 Å². The van der Waals surface area contributed by atoms with Crippen molar-refractivity contribution in [2.24, 2.45) is 0 Å². The summed E-state index contributed by atoms with van der Waals surface area (Å²) in [6.45, 7) is 6.48. The molecule has 0 aromatic carbocycles. The molecule has 0 saturated carbocycles. The van der Waals surface area contributed by atoms with Crippen LogP contribution in [-0.2, 0) is 28.6 Å². The maximum Gasteiger partial charge on any atom is 0.306 e. The molecule has 0 radical (unpaired) electrons. The van der Waals surface area contributed by atoms with Crippen LogP contribution < -0.4 is 0 Å². The molecule has 0 fully saturated rings. The van der Waals surface area contributed by atoms with Crippen molar-refractivity contribution in [1.29, 1.82) is 0 Å². The summed E-state index contributed by atoms with van der Waals surface area (Å²) < 4.78 is 16.8. The Morgan fingerprint density at radius 1 is 0.313 bits per heavy atom. The standard InChI is InChI=1S/C61H104O6/c1-4-7-10-13-16-19-22-25-28-29-30-31-34-36-39-42-45-48-51-54-60(63)66-57-58(67-61(64)55-52-49-46-43-40-37-33-27-24-21-18-15-12-9-6-3)56-65-59(62)53-50-47-44-41-38-35-32-26-23-20-17-14-11-8-5-2/h7,10,16,19,25-28,30-33,36,39,58H,4-6,8-9,11-15,17-18,20-24,29,34-35,37-38,40-57H2,1-3H3/b10-7-,19-16-,28-25-,31-30-,32-26-,33-27-,39-36-/t58-/m1/s1. The Bertz CT molecular complexity index is 1300. The number of ether oxygens (including phenoxy) is 3. The minimum atomic E-state index is -0.798. The molecule has 6 nitrogen and oxygen atoms in total. The van der Waals surface area contributed by atoms with Crippen molar-refractivity contribution in [2.75, 3.05) is 13.2 Å². The molecule has 0 N–H and O–H groups in total. The number of esters is 3. The molecule has 0 saturated heterocycles. The van der Waals surface area contributed by atoms with Crippen molar-refractivity contribution in [3.63, 3.8) is 0 Å². The highest BCUT2D eigenvalue weighted by Crippen LogP contribution is 2.14. The van der Waals surface area contributed by atoms with E-state index in [-0.39, 0.29) is 31.1 Å². The van der Waals surface area contributed by atoms with E-state index < -0.39 is 6.10 Å². The summed E-state index contributed by atoms with van der Waals surface area (Å²) in [4.78, 5) is 38.1. The van der Waals surface area contributed by atoms with Crippen LogP contribution in [0.15, 0.2) is 85.1 Å². The summed E-state index contributed by atoms with van der Waals surface area (Å²) in [5.74, 6) is -0.940. The second-order valence-electron chi connectivity index (χ2n) is 18.5. The van der Waals surface area contributed by atoms with Crippen molar-refractivity contribution in [3.05, 3.63) is 85.1 Å². The average Bonchev–Trinajstić information content (AvgIpc) is 3.33. The second-order valence-corrected chi connectivity index (χ2v) is 18.5. The molecule has 384 valence electrons. The number of carbonyl (C=O) groups is 3. The highest BCUT2D eigenvalue weighted by molar-refractivity contribution is 5.71. The Hall–Kier alpha value is -3.41. The summed E-state index contributed by atoms with van der Waals surface area (Å²) in [6, 6.07) is 0. The zero-order valence-corrected chi connectivity index (χ0v) is 43.9. The third-order valence-electron chi connectivity index (χ3n) is 11.9. The minimum Gasteiger partial charge on any atom is -0.462 e. The molecule has 0 aliphatic heterocycles. The summed E-state index contributed by atoms with van der Waals surface area (Å²) in [5, 5.41) is 0. The Morgan fingerprint density at radius 3 is 0.940 bits per heavy atom. The molecule has 1 atom stereocenters.